The van der Waals surface area contributed by atoms with Crippen molar-refractivity contribution in [3.63, 3.8) is 0 Å². The first-order valence-electron chi connectivity index (χ1n) is 7.51. The Labute approximate surface area is 114 Å². The summed E-state index contributed by atoms with van der Waals surface area (Å²) in [6.07, 6.45) is 9.68. The molecule has 0 N–H and O–H groups in total. The maximum absolute atomic E-state index is 3.77. The molecule has 0 spiro atoms. The van der Waals surface area contributed by atoms with E-state index < -0.39 is 0 Å². The zero-order chi connectivity index (χ0) is 13.4. The Kier molecular flexibility index (Phi) is 6.46. The van der Waals surface area contributed by atoms with Crippen molar-refractivity contribution < 1.29 is 0 Å². The zero-order valence-electron chi connectivity index (χ0n) is 12.5. The summed E-state index contributed by atoms with van der Waals surface area (Å²) in [6, 6.07) is 10.9. The first-order valence-corrected chi connectivity index (χ1v) is 7.51. The molecule has 0 aromatic heterocycles. The Morgan fingerprint density at radius 1 is 1.00 bits per heavy atom. The predicted molar refractivity (Wildman–Crippen MR) is 80.5 cm³/mol. The number of rotatable bonds is 8. The molecule has 1 atom stereocenters. The Hall–Kier alpha value is -0.780. The topological polar surface area (TPSA) is 0 Å². The van der Waals surface area contributed by atoms with E-state index >= 15 is 0 Å². The Morgan fingerprint density at radius 2 is 1.61 bits per heavy atom. The van der Waals surface area contributed by atoms with Gasteiger partial charge in [0.1, 0.15) is 0 Å². The van der Waals surface area contributed by atoms with Crippen molar-refractivity contribution in [2.75, 3.05) is 0 Å². The summed E-state index contributed by atoms with van der Waals surface area (Å²) in [5.41, 5.74) is 1.77. The van der Waals surface area contributed by atoms with Gasteiger partial charge in [0.05, 0.1) is 0 Å². The molecule has 100 valence electrons. The average molecular weight is 244 g/mol. The Morgan fingerprint density at radius 3 is 2.06 bits per heavy atom. The second-order valence-electron chi connectivity index (χ2n) is 5.19. The fourth-order valence-electron chi connectivity index (χ4n) is 3.20. The number of benzene rings is 1. The van der Waals surface area contributed by atoms with Gasteiger partial charge in [0, 0.05) is 0 Å². The molecular weight excluding hydrogens is 216 g/mol. The lowest BCUT2D eigenvalue weighted by molar-refractivity contribution is 0.174. The van der Waals surface area contributed by atoms with E-state index in [1.54, 1.807) is 0 Å². The minimum absolute atomic E-state index is 0.305. The van der Waals surface area contributed by atoms with Gasteiger partial charge in [-0.05, 0) is 49.0 Å². The van der Waals surface area contributed by atoms with Crippen molar-refractivity contribution in [2.24, 2.45) is 11.3 Å². The normalized spacial score (nSPS) is 13.6. The molecule has 18 heavy (non-hydrogen) atoms. The van der Waals surface area contributed by atoms with Gasteiger partial charge in [0.15, 0.2) is 0 Å². The van der Waals surface area contributed by atoms with Gasteiger partial charge in [0.25, 0.3) is 0 Å². The van der Waals surface area contributed by atoms with E-state index in [9.17, 15) is 0 Å². The fourth-order valence-corrected chi connectivity index (χ4v) is 3.20. The molecule has 0 saturated carbocycles. The van der Waals surface area contributed by atoms with Crippen LogP contribution in [0, 0.1) is 17.8 Å². The molecule has 0 nitrogen and oxygen atoms in total. The Balaban J connectivity index is 2.85. The molecule has 2 radical (unpaired) electrons. The van der Waals surface area contributed by atoms with E-state index in [0.29, 0.717) is 5.41 Å². The van der Waals surface area contributed by atoms with E-state index in [-0.39, 0.29) is 0 Å². The van der Waals surface area contributed by atoms with E-state index in [2.05, 4.69) is 64.4 Å². The molecule has 0 fully saturated rings. The summed E-state index contributed by atoms with van der Waals surface area (Å²) >= 11 is 0. The largest absolute Gasteiger partial charge is 0.0651 e. The molecule has 1 rings (SSSR count). The van der Waals surface area contributed by atoms with Gasteiger partial charge in [-0.3, -0.25) is 0 Å². The van der Waals surface area contributed by atoms with Crippen LogP contribution >= 0.6 is 0 Å². The molecule has 1 aromatic carbocycles. The van der Waals surface area contributed by atoms with Crippen molar-refractivity contribution in [1.29, 1.82) is 0 Å². The maximum Gasteiger partial charge on any atom is -0.0106 e. The highest BCUT2D eigenvalue weighted by atomic mass is 14.4. The molecule has 0 saturated heterocycles. The van der Waals surface area contributed by atoms with Crippen LogP contribution < -0.4 is 0 Å². The van der Waals surface area contributed by atoms with Crippen LogP contribution in [0.15, 0.2) is 30.3 Å². The van der Waals surface area contributed by atoms with E-state index in [0.717, 1.165) is 12.3 Å². The van der Waals surface area contributed by atoms with Gasteiger partial charge in [-0.2, -0.15) is 0 Å². The summed E-state index contributed by atoms with van der Waals surface area (Å²) in [7, 11) is 0. The van der Waals surface area contributed by atoms with E-state index in [1.807, 2.05) is 0 Å². The van der Waals surface area contributed by atoms with E-state index in [1.165, 1.54) is 31.2 Å². The SMILES string of the molecule is CC[C]C(CC)(CC)C(CC)Cc1ccccc1. The van der Waals surface area contributed by atoms with E-state index in [4.69, 9.17) is 0 Å². The van der Waals surface area contributed by atoms with Gasteiger partial charge < -0.3 is 0 Å². The van der Waals surface area contributed by atoms with Crippen LogP contribution in [-0.4, -0.2) is 0 Å². The lowest BCUT2D eigenvalue weighted by Gasteiger charge is -2.39. The summed E-state index contributed by atoms with van der Waals surface area (Å²) in [5.74, 6) is 0.717. The molecular formula is C18H28. The third-order valence-electron chi connectivity index (χ3n) is 4.39. The minimum atomic E-state index is 0.305. The third-order valence-corrected chi connectivity index (χ3v) is 4.39. The van der Waals surface area contributed by atoms with Crippen LogP contribution in [0.4, 0.5) is 0 Å². The third kappa shape index (κ3) is 3.60. The highest BCUT2D eigenvalue weighted by Gasteiger charge is 2.33. The highest BCUT2D eigenvalue weighted by Crippen LogP contribution is 2.42. The standard InChI is InChI=1S/C18H28/c1-5-14-18(7-3,8-4)17(6-2)15-16-12-10-9-11-13-16/h9-13,17H,5-8,15H2,1-4H3. The molecule has 0 aliphatic heterocycles. The first-order chi connectivity index (χ1) is 8.72. The van der Waals surface area contributed by atoms with Gasteiger partial charge in [-0.15, -0.1) is 0 Å². The lowest BCUT2D eigenvalue weighted by Crippen LogP contribution is -2.31. The van der Waals surface area contributed by atoms with Crippen LogP contribution in [0.1, 0.15) is 58.9 Å². The van der Waals surface area contributed by atoms with Gasteiger partial charge in [-0.1, -0.05) is 64.4 Å². The molecule has 0 bridgehead atoms. The second kappa shape index (κ2) is 7.61. The lowest BCUT2D eigenvalue weighted by atomic mass is 9.65. The molecule has 1 aromatic rings. The number of hydrogen-bond donors (Lipinski definition) is 0. The molecule has 0 aliphatic rings. The van der Waals surface area contributed by atoms with Crippen molar-refractivity contribution in [1.82, 2.24) is 0 Å². The monoisotopic (exact) mass is 244 g/mol. The van der Waals surface area contributed by atoms with Crippen molar-refractivity contribution >= 4 is 0 Å². The van der Waals surface area contributed by atoms with Gasteiger partial charge in [0.2, 0.25) is 0 Å². The van der Waals surface area contributed by atoms with Crippen LogP contribution in [0.3, 0.4) is 0 Å². The molecule has 0 heteroatoms. The van der Waals surface area contributed by atoms with Crippen LogP contribution in [-0.2, 0) is 6.42 Å². The highest BCUT2D eigenvalue weighted by molar-refractivity contribution is 5.16. The van der Waals surface area contributed by atoms with Crippen molar-refractivity contribution in [3.8, 4) is 0 Å². The minimum Gasteiger partial charge on any atom is -0.0651 e. The Bertz CT molecular complexity index is 308. The maximum atomic E-state index is 3.77. The smallest absolute Gasteiger partial charge is 0.0106 e. The zero-order valence-corrected chi connectivity index (χ0v) is 12.5. The summed E-state index contributed by atoms with van der Waals surface area (Å²) < 4.78 is 0. The number of hydrogen-bond acceptors (Lipinski definition) is 0. The first kappa shape index (κ1) is 15.3. The molecule has 0 aliphatic carbocycles. The van der Waals surface area contributed by atoms with Crippen molar-refractivity contribution in [3.05, 3.63) is 42.3 Å². The summed E-state index contributed by atoms with van der Waals surface area (Å²) in [4.78, 5) is 0. The van der Waals surface area contributed by atoms with Crippen LogP contribution in [0.25, 0.3) is 0 Å². The molecule has 0 amide bonds. The fraction of sp³-hybridized carbons (Fsp3) is 0.611. The van der Waals surface area contributed by atoms with Crippen molar-refractivity contribution in [2.45, 2.75) is 59.8 Å². The summed E-state index contributed by atoms with van der Waals surface area (Å²) in [6.45, 7) is 9.18. The average Bonchev–Trinajstić information content (AvgIpc) is 2.44. The summed E-state index contributed by atoms with van der Waals surface area (Å²) in [5, 5.41) is 0. The van der Waals surface area contributed by atoms with Gasteiger partial charge >= 0.3 is 0 Å². The molecule has 0 heterocycles. The second-order valence-corrected chi connectivity index (χ2v) is 5.19. The quantitative estimate of drug-likeness (QED) is 0.562. The van der Waals surface area contributed by atoms with Crippen LogP contribution in [0.5, 0.6) is 0 Å². The van der Waals surface area contributed by atoms with Crippen LogP contribution in [0.2, 0.25) is 0 Å². The molecule has 1 unspecified atom stereocenters. The predicted octanol–water partition coefficient (Wildman–Crippen LogP) is 5.55. The van der Waals surface area contributed by atoms with Gasteiger partial charge in [-0.25, -0.2) is 0 Å².